The number of hydrogen-bond donors (Lipinski definition) is 0. The first-order valence-electron chi connectivity index (χ1n) is 18.1. The molecule has 54 heavy (non-hydrogen) atoms. The zero-order valence-corrected chi connectivity index (χ0v) is 29.8. The van der Waals surface area contributed by atoms with Crippen molar-refractivity contribution in [2.75, 3.05) is 0 Å². The van der Waals surface area contributed by atoms with Crippen LogP contribution in [-0.4, -0.2) is 19.5 Å². The van der Waals surface area contributed by atoms with Crippen LogP contribution in [-0.2, 0) is 0 Å². The third kappa shape index (κ3) is 4.94. The Bertz CT molecular complexity index is 3150. The number of pyridine rings is 1. The lowest BCUT2D eigenvalue weighted by Gasteiger charge is -2.11. The van der Waals surface area contributed by atoms with E-state index in [-0.39, 0.29) is 0 Å². The predicted octanol–water partition coefficient (Wildman–Crippen LogP) is 13.2. The van der Waals surface area contributed by atoms with Gasteiger partial charge in [0, 0.05) is 59.6 Å². The largest absolute Gasteiger partial charge is 0.309 e. The molecule has 4 heterocycles. The van der Waals surface area contributed by atoms with Crippen LogP contribution >= 0.6 is 11.3 Å². The molecule has 7 aromatic carbocycles. The van der Waals surface area contributed by atoms with Crippen molar-refractivity contribution in [3.05, 3.63) is 182 Å². The summed E-state index contributed by atoms with van der Waals surface area (Å²) in [5, 5.41) is 6.10. The molecule has 0 aliphatic heterocycles. The smallest absolute Gasteiger partial charge is 0.160 e. The van der Waals surface area contributed by atoms with Crippen molar-refractivity contribution in [2.45, 2.75) is 0 Å². The molecule has 11 aromatic rings. The van der Waals surface area contributed by atoms with E-state index >= 15 is 0 Å². The van der Waals surface area contributed by atoms with Gasteiger partial charge in [0.2, 0.25) is 0 Å². The van der Waals surface area contributed by atoms with Gasteiger partial charge in [-0.15, -0.1) is 11.3 Å². The van der Waals surface area contributed by atoms with Gasteiger partial charge in [-0.25, -0.2) is 15.0 Å². The van der Waals surface area contributed by atoms with E-state index in [0.29, 0.717) is 5.82 Å². The maximum atomic E-state index is 5.26. The van der Waals surface area contributed by atoms with Gasteiger partial charge < -0.3 is 4.57 Å². The van der Waals surface area contributed by atoms with Gasteiger partial charge in [0.15, 0.2) is 5.82 Å². The third-order valence-corrected chi connectivity index (χ3v) is 11.6. The molecule has 5 heteroatoms. The number of para-hydroxylation sites is 3. The van der Waals surface area contributed by atoms with Gasteiger partial charge >= 0.3 is 0 Å². The van der Waals surface area contributed by atoms with Crippen LogP contribution in [0.15, 0.2) is 182 Å². The maximum absolute atomic E-state index is 5.26. The summed E-state index contributed by atoms with van der Waals surface area (Å²) in [7, 11) is 0. The SMILES string of the molecule is c1ccc(-c2cc(-c3ccc4sc5c(-c6ccccc6)nc6ccccc6c5c4c3)nc(-c3ccc(-n4c5ccccc5c5ccccc54)cc3)n2)cc1. The van der Waals surface area contributed by atoms with Crippen molar-refractivity contribution >= 4 is 64.2 Å². The fraction of sp³-hybridized carbons (Fsp3) is 0. The van der Waals surface area contributed by atoms with Crippen LogP contribution in [0, 0.1) is 0 Å². The van der Waals surface area contributed by atoms with Crippen molar-refractivity contribution in [2.24, 2.45) is 0 Å². The van der Waals surface area contributed by atoms with Crippen LogP contribution in [0.3, 0.4) is 0 Å². The van der Waals surface area contributed by atoms with Crippen LogP contribution in [0.4, 0.5) is 0 Å². The van der Waals surface area contributed by atoms with Crippen LogP contribution in [0.25, 0.3) is 104 Å². The molecule has 0 aliphatic carbocycles. The number of thiophene rings is 1. The standard InChI is InChI=1S/C49H30N4S/c1-3-13-31(14-4-1)41-30-42(52-49(51-41)33-23-26-35(27-24-33)53-43-21-11-8-17-36(43)37-18-9-12-22-44(37)53)34-25-28-45-39(29-34)46-38-19-7-10-20-40(38)50-47(48(46)54-45)32-15-5-2-6-16-32/h1-30H. The summed E-state index contributed by atoms with van der Waals surface area (Å²) in [4.78, 5) is 15.6. The quantitative estimate of drug-likeness (QED) is 0.179. The average Bonchev–Trinajstić information content (AvgIpc) is 3.80. The average molecular weight is 707 g/mol. The van der Waals surface area contributed by atoms with E-state index in [1.54, 1.807) is 11.3 Å². The number of fused-ring (bicyclic) bond motifs is 8. The van der Waals surface area contributed by atoms with E-state index in [4.69, 9.17) is 15.0 Å². The Hall–Kier alpha value is -6.95. The molecule has 0 amide bonds. The molecule has 0 spiro atoms. The van der Waals surface area contributed by atoms with E-state index in [1.807, 2.05) is 6.07 Å². The highest BCUT2D eigenvalue weighted by Crippen LogP contribution is 2.44. The van der Waals surface area contributed by atoms with Crippen LogP contribution < -0.4 is 0 Å². The second kappa shape index (κ2) is 12.3. The molecule has 0 bridgehead atoms. The third-order valence-electron chi connectivity index (χ3n) is 10.4. The Morgan fingerprint density at radius 2 is 0.981 bits per heavy atom. The van der Waals surface area contributed by atoms with E-state index in [0.717, 1.165) is 55.9 Å². The summed E-state index contributed by atoms with van der Waals surface area (Å²) in [6, 6.07) is 64.1. The molecule has 0 saturated carbocycles. The molecule has 4 aromatic heterocycles. The summed E-state index contributed by atoms with van der Waals surface area (Å²) in [6.07, 6.45) is 0. The second-order valence-corrected chi connectivity index (χ2v) is 14.7. The molecule has 0 fully saturated rings. The number of aromatic nitrogens is 4. The van der Waals surface area contributed by atoms with Crippen LogP contribution in [0.5, 0.6) is 0 Å². The molecular weight excluding hydrogens is 677 g/mol. The fourth-order valence-corrected chi connectivity index (χ4v) is 9.09. The molecule has 0 N–H and O–H groups in total. The van der Waals surface area contributed by atoms with Crippen molar-refractivity contribution in [1.82, 2.24) is 19.5 Å². The molecule has 4 nitrogen and oxygen atoms in total. The minimum atomic E-state index is 0.691. The zero-order chi connectivity index (χ0) is 35.6. The maximum Gasteiger partial charge on any atom is 0.160 e. The van der Waals surface area contributed by atoms with Gasteiger partial charge in [0.1, 0.15) is 0 Å². The lowest BCUT2D eigenvalue weighted by Crippen LogP contribution is -1.97. The monoisotopic (exact) mass is 706 g/mol. The van der Waals surface area contributed by atoms with E-state index in [9.17, 15) is 0 Å². The summed E-state index contributed by atoms with van der Waals surface area (Å²) in [5.74, 6) is 0.691. The molecule has 0 radical (unpaired) electrons. The molecule has 0 saturated heterocycles. The van der Waals surface area contributed by atoms with E-state index in [2.05, 4.69) is 180 Å². The van der Waals surface area contributed by atoms with Gasteiger partial charge in [-0.2, -0.15) is 0 Å². The minimum absolute atomic E-state index is 0.691. The van der Waals surface area contributed by atoms with Crippen LogP contribution in [0.2, 0.25) is 0 Å². The van der Waals surface area contributed by atoms with Gasteiger partial charge in [0.05, 0.1) is 38.3 Å². The highest BCUT2D eigenvalue weighted by molar-refractivity contribution is 7.26. The van der Waals surface area contributed by atoms with Gasteiger partial charge in [-0.3, -0.25) is 0 Å². The predicted molar refractivity (Wildman–Crippen MR) is 226 cm³/mol. The topological polar surface area (TPSA) is 43.6 Å². The van der Waals surface area contributed by atoms with Gasteiger partial charge in [-0.1, -0.05) is 121 Å². The highest BCUT2D eigenvalue weighted by atomic mass is 32.1. The molecule has 11 rings (SSSR count). The number of hydrogen-bond acceptors (Lipinski definition) is 4. The Morgan fingerprint density at radius 3 is 1.69 bits per heavy atom. The summed E-state index contributed by atoms with van der Waals surface area (Å²) in [5.41, 5.74) is 11.4. The lowest BCUT2D eigenvalue weighted by molar-refractivity contribution is 1.16. The summed E-state index contributed by atoms with van der Waals surface area (Å²) < 4.78 is 4.76. The molecule has 0 atom stereocenters. The van der Waals surface area contributed by atoms with Crippen LogP contribution in [0.1, 0.15) is 0 Å². The number of benzene rings is 7. The Kier molecular flexibility index (Phi) is 7.00. The zero-order valence-electron chi connectivity index (χ0n) is 29.0. The first-order valence-corrected chi connectivity index (χ1v) is 18.9. The van der Waals surface area contributed by atoms with Crippen molar-refractivity contribution in [1.29, 1.82) is 0 Å². The Morgan fingerprint density at radius 1 is 0.407 bits per heavy atom. The minimum Gasteiger partial charge on any atom is -0.309 e. The molecule has 0 unspecified atom stereocenters. The van der Waals surface area contributed by atoms with Crippen molar-refractivity contribution in [3.63, 3.8) is 0 Å². The second-order valence-electron chi connectivity index (χ2n) is 13.6. The van der Waals surface area contributed by atoms with Crippen molar-refractivity contribution < 1.29 is 0 Å². The first kappa shape index (κ1) is 30.7. The van der Waals surface area contributed by atoms with Gasteiger partial charge in [-0.05, 0) is 60.7 Å². The van der Waals surface area contributed by atoms with Gasteiger partial charge in [0.25, 0.3) is 0 Å². The summed E-state index contributed by atoms with van der Waals surface area (Å²) >= 11 is 1.81. The number of nitrogens with zero attached hydrogens (tertiary/aromatic N) is 4. The number of rotatable bonds is 5. The normalized spacial score (nSPS) is 11.7. The van der Waals surface area contributed by atoms with E-state index in [1.165, 1.54) is 42.0 Å². The lowest BCUT2D eigenvalue weighted by atomic mass is 10.0. The molecular formula is C49H30N4S. The first-order chi connectivity index (χ1) is 26.8. The fourth-order valence-electron chi connectivity index (χ4n) is 7.88. The van der Waals surface area contributed by atoms with Crippen molar-refractivity contribution in [3.8, 4) is 50.8 Å². The molecule has 252 valence electrons. The highest BCUT2D eigenvalue weighted by Gasteiger charge is 2.18. The Balaban J connectivity index is 1.08. The summed E-state index contributed by atoms with van der Waals surface area (Å²) in [6.45, 7) is 0. The van der Waals surface area contributed by atoms with E-state index < -0.39 is 0 Å². The Labute approximate surface area is 315 Å². The molecule has 0 aliphatic rings.